The predicted octanol–water partition coefficient (Wildman–Crippen LogP) is 4.41. The number of rotatable bonds is 9. The molecule has 4 rings (SSSR count). The van der Waals surface area contributed by atoms with Gasteiger partial charge in [-0.2, -0.15) is 0 Å². The van der Waals surface area contributed by atoms with Crippen LogP contribution in [-0.4, -0.2) is 56.8 Å². The molecule has 2 amide bonds. The van der Waals surface area contributed by atoms with Crippen molar-refractivity contribution in [1.29, 1.82) is 0 Å². The van der Waals surface area contributed by atoms with E-state index in [1.165, 1.54) is 4.91 Å². The number of ether oxygens (including phenoxy) is 2. The summed E-state index contributed by atoms with van der Waals surface area (Å²) in [4.78, 5) is 33.6. The normalized spacial score (nSPS) is 19.8. The lowest BCUT2D eigenvalue weighted by atomic mass is 9.91. The van der Waals surface area contributed by atoms with Gasteiger partial charge in [-0.15, -0.1) is 0 Å². The van der Waals surface area contributed by atoms with Gasteiger partial charge < -0.3 is 19.7 Å². The Labute approximate surface area is 205 Å². The predicted molar refractivity (Wildman–Crippen MR) is 135 cm³/mol. The van der Waals surface area contributed by atoms with Crippen molar-refractivity contribution in [1.82, 2.24) is 10.2 Å². The number of hydrogen-bond donors (Lipinski definition) is 1. The van der Waals surface area contributed by atoms with E-state index >= 15 is 0 Å². The molecule has 0 saturated carbocycles. The Morgan fingerprint density at radius 2 is 1.88 bits per heavy atom. The van der Waals surface area contributed by atoms with Gasteiger partial charge in [0, 0.05) is 42.9 Å². The van der Waals surface area contributed by atoms with Crippen LogP contribution in [0.15, 0.2) is 45.3 Å². The monoisotopic (exact) mass is 483 g/mol. The van der Waals surface area contributed by atoms with Gasteiger partial charge in [-0.25, -0.2) is 0 Å². The van der Waals surface area contributed by atoms with Crippen LogP contribution in [0.5, 0.6) is 11.5 Å². The fourth-order valence-electron chi connectivity index (χ4n) is 4.72. The summed E-state index contributed by atoms with van der Waals surface area (Å²) in [5.41, 5.74) is 0.500. The summed E-state index contributed by atoms with van der Waals surface area (Å²) in [6.45, 7) is 2.18. The van der Waals surface area contributed by atoms with Gasteiger partial charge in [-0.3, -0.25) is 14.6 Å². The van der Waals surface area contributed by atoms with Crippen LogP contribution in [0.25, 0.3) is 0 Å². The van der Waals surface area contributed by atoms with E-state index in [9.17, 15) is 9.59 Å². The average molecular weight is 484 g/mol. The summed E-state index contributed by atoms with van der Waals surface area (Å²) in [7, 11) is 3.14. The molecule has 1 aromatic rings. The van der Waals surface area contributed by atoms with E-state index in [4.69, 9.17) is 9.47 Å². The second-order valence-electron chi connectivity index (χ2n) is 8.86. The molecule has 7 nitrogen and oxygen atoms in total. The highest BCUT2D eigenvalue weighted by Crippen LogP contribution is 2.42. The van der Waals surface area contributed by atoms with Crippen molar-refractivity contribution in [2.24, 2.45) is 16.8 Å². The molecule has 0 spiro atoms. The zero-order valence-corrected chi connectivity index (χ0v) is 20.7. The molecule has 1 unspecified atom stereocenters. The number of benzene rings is 1. The van der Waals surface area contributed by atoms with Gasteiger partial charge in [0.05, 0.1) is 19.1 Å². The summed E-state index contributed by atoms with van der Waals surface area (Å²) in [6, 6.07) is 5.41. The Kier molecular flexibility index (Phi) is 8.32. The largest absolute Gasteiger partial charge is 0.496 e. The molecule has 8 heteroatoms. The number of allylic oxidation sites excluding steroid dienone is 2. The van der Waals surface area contributed by atoms with Crippen molar-refractivity contribution in [3.63, 3.8) is 0 Å². The summed E-state index contributed by atoms with van der Waals surface area (Å²) in [6.07, 6.45) is 11.9. The van der Waals surface area contributed by atoms with Gasteiger partial charge >= 0.3 is 0 Å². The number of nitrogens with zero attached hydrogens (tertiary/aromatic N) is 2. The molecular weight excluding hydrogens is 450 g/mol. The van der Waals surface area contributed by atoms with Gasteiger partial charge in [-0.1, -0.05) is 36.7 Å². The molecule has 0 aromatic heterocycles. The highest BCUT2D eigenvalue weighted by molar-refractivity contribution is 8.07. The molecule has 3 aliphatic heterocycles. The van der Waals surface area contributed by atoms with Crippen LogP contribution in [0.3, 0.4) is 0 Å². The highest BCUT2D eigenvalue weighted by Gasteiger charge is 2.28. The molecule has 3 heterocycles. The molecule has 1 atom stereocenters. The van der Waals surface area contributed by atoms with E-state index in [0.29, 0.717) is 35.4 Å². The molecule has 1 fully saturated rings. The topological polar surface area (TPSA) is 80.2 Å². The minimum Gasteiger partial charge on any atom is -0.496 e. The first-order valence-electron chi connectivity index (χ1n) is 12.0. The Morgan fingerprint density at radius 1 is 1.15 bits per heavy atom. The number of carbonyl (C=O) groups is 2. The maximum absolute atomic E-state index is 13.1. The molecule has 1 saturated heterocycles. The van der Waals surface area contributed by atoms with Crippen molar-refractivity contribution in [2.75, 3.05) is 33.9 Å². The number of nitrogens with one attached hydrogen (secondary N) is 1. The van der Waals surface area contributed by atoms with Crippen molar-refractivity contribution in [3.05, 3.63) is 45.8 Å². The second kappa shape index (κ2) is 11.6. The number of fused-ring (bicyclic) bond motifs is 1. The number of hydrogen-bond acceptors (Lipinski definition) is 6. The van der Waals surface area contributed by atoms with E-state index in [2.05, 4.69) is 16.4 Å². The fraction of sp³-hybridized carbons (Fsp3) is 0.500. The molecule has 0 aliphatic carbocycles. The molecule has 3 aliphatic rings. The van der Waals surface area contributed by atoms with E-state index in [-0.39, 0.29) is 11.8 Å². The third kappa shape index (κ3) is 5.66. The molecule has 0 radical (unpaired) electrons. The smallest absolute Gasteiger partial charge is 0.261 e. The number of unbranched alkanes of at least 4 members (excludes halogenated alkanes) is 1. The molecular formula is C26H33N3O4S. The minimum atomic E-state index is -0.0308. The average Bonchev–Trinajstić information content (AvgIpc) is 3.32. The third-order valence-electron chi connectivity index (χ3n) is 6.70. The van der Waals surface area contributed by atoms with E-state index in [0.717, 1.165) is 56.5 Å². The Balaban J connectivity index is 1.15. The van der Waals surface area contributed by atoms with Crippen LogP contribution in [0, 0.1) is 11.8 Å². The molecule has 0 bridgehead atoms. The Morgan fingerprint density at radius 3 is 2.56 bits per heavy atom. The summed E-state index contributed by atoms with van der Waals surface area (Å²) in [5, 5.41) is 3.06. The highest BCUT2D eigenvalue weighted by atomic mass is 32.2. The zero-order chi connectivity index (χ0) is 23.9. The lowest BCUT2D eigenvalue weighted by Gasteiger charge is -2.32. The van der Waals surface area contributed by atoms with Crippen LogP contribution in [0.4, 0.5) is 0 Å². The number of thioether (sulfide) groups is 1. The zero-order valence-electron chi connectivity index (χ0n) is 19.9. The Bertz CT molecular complexity index is 974. The number of aliphatic imine (C=N–C) groups is 1. The fourth-order valence-corrected chi connectivity index (χ4v) is 5.80. The first-order chi connectivity index (χ1) is 16.6. The van der Waals surface area contributed by atoms with Crippen molar-refractivity contribution in [3.8, 4) is 11.5 Å². The van der Waals surface area contributed by atoms with E-state index in [1.54, 1.807) is 38.1 Å². The van der Waals surface area contributed by atoms with E-state index in [1.807, 2.05) is 23.4 Å². The number of carbonyl (C=O) groups excluding carboxylic acids is 2. The third-order valence-corrected chi connectivity index (χ3v) is 7.89. The summed E-state index contributed by atoms with van der Waals surface area (Å²) < 4.78 is 10.8. The lowest BCUT2D eigenvalue weighted by molar-refractivity contribution is -0.116. The molecule has 34 heavy (non-hydrogen) atoms. The SMILES string of the molecule is COc1cccc(OC)c1C(=O)N1CCC(CCCCNC(=O)C2=CC3CC=NC=C3S2)CC1. The number of likely N-dealkylation sites (tertiary alicyclic amines) is 1. The minimum absolute atomic E-state index is 0.0267. The molecule has 1 N–H and O–H groups in total. The van der Waals surface area contributed by atoms with Gasteiger partial charge in [0.25, 0.3) is 11.8 Å². The van der Waals surface area contributed by atoms with Crippen molar-refractivity contribution in [2.45, 2.75) is 38.5 Å². The van der Waals surface area contributed by atoms with Crippen LogP contribution < -0.4 is 14.8 Å². The molecule has 182 valence electrons. The van der Waals surface area contributed by atoms with Gasteiger partial charge in [0.2, 0.25) is 0 Å². The van der Waals surface area contributed by atoms with Crippen LogP contribution in [0.2, 0.25) is 0 Å². The van der Waals surface area contributed by atoms with Crippen LogP contribution in [0.1, 0.15) is 48.9 Å². The summed E-state index contributed by atoms with van der Waals surface area (Å²) in [5.74, 6) is 2.02. The van der Waals surface area contributed by atoms with Crippen molar-refractivity contribution >= 4 is 29.8 Å². The van der Waals surface area contributed by atoms with Gasteiger partial charge in [0.15, 0.2) is 0 Å². The van der Waals surface area contributed by atoms with Gasteiger partial charge in [0.1, 0.15) is 17.1 Å². The number of piperidine rings is 1. The van der Waals surface area contributed by atoms with Crippen LogP contribution in [-0.2, 0) is 4.79 Å². The summed E-state index contributed by atoms with van der Waals surface area (Å²) >= 11 is 1.54. The standard InChI is InChI=1S/C26H33N3O4S/c1-32-20-7-5-8-21(33-2)24(20)26(31)29-14-10-18(11-15-29)6-3-4-12-28-25(30)22-16-19-9-13-27-17-23(19)34-22/h5,7-8,13,16-19H,3-4,6,9-12,14-15H2,1-2H3,(H,28,30). The quantitative estimate of drug-likeness (QED) is 0.527. The first-order valence-corrected chi connectivity index (χ1v) is 12.8. The maximum Gasteiger partial charge on any atom is 0.261 e. The lowest BCUT2D eigenvalue weighted by Crippen LogP contribution is -2.38. The van der Waals surface area contributed by atoms with Crippen molar-refractivity contribution < 1.29 is 19.1 Å². The number of amides is 2. The van der Waals surface area contributed by atoms with E-state index < -0.39 is 0 Å². The first kappa shape index (κ1) is 24.4. The van der Waals surface area contributed by atoms with Crippen LogP contribution >= 0.6 is 11.8 Å². The maximum atomic E-state index is 13.1. The molecule has 1 aromatic carbocycles. The Hall–Kier alpha value is -2.74. The second-order valence-corrected chi connectivity index (χ2v) is 9.98. The van der Waals surface area contributed by atoms with Gasteiger partial charge in [-0.05, 0) is 43.7 Å². The number of methoxy groups -OCH3 is 2.